The van der Waals surface area contributed by atoms with Gasteiger partial charge in [-0.15, -0.1) is 0 Å². The number of allylic oxidation sites excluding steroid dienone is 2. The zero-order valence-corrected chi connectivity index (χ0v) is 39.5. The van der Waals surface area contributed by atoms with E-state index in [0.717, 1.165) is 57.8 Å². The molecular weight excluding hydrogens is 829 g/mol. The first kappa shape index (κ1) is 58.4. The lowest BCUT2D eigenvalue weighted by atomic mass is 9.98. The van der Waals surface area contributed by atoms with Crippen molar-refractivity contribution in [2.45, 2.75) is 261 Å². The smallest absolute Gasteiger partial charge is 0.306 e. The zero-order chi connectivity index (χ0) is 46.8. The fourth-order valence-electron chi connectivity index (χ4n) is 8.04. The number of ether oxygens (including phenoxy) is 6. The second-order valence-electron chi connectivity index (χ2n) is 18.0. The Hall–Kier alpha value is -1.76. The number of hydrogen-bond acceptors (Lipinski definition) is 15. The molecule has 0 spiro atoms. The summed E-state index contributed by atoms with van der Waals surface area (Å²) in [5, 5.41) is 72.0. The summed E-state index contributed by atoms with van der Waals surface area (Å²) in [6.45, 7) is 2.58. The molecule has 2 saturated heterocycles. The molecule has 0 amide bonds. The van der Waals surface area contributed by atoms with Crippen molar-refractivity contribution in [3.8, 4) is 0 Å². The van der Waals surface area contributed by atoms with Gasteiger partial charge in [0.2, 0.25) is 0 Å². The molecule has 11 atom stereocenters. The van der Waals surface area contributed by atoms with Crippen LogP contribution >= 0.6 is 0 Å². The molecular formula is C49H90O15. The van der Waals surface area contributed by atoms with Gasteiger partial charge in [0.15, 0.2) is 18.7 Å². The van der Waals surface area contributed by atoms with E-state index in [9.17, 15) is 45.3 Å². The Bertz CT molecular complexity index is 1170. The summed E-state index contributed by atoms with van der Waals surface area (Å²) in [5.41, 5.74) is 0. The minimum Gasteiger partial charge on any atom is -0.462 e. The van der Waals surface area contributed by atoms with Gasteiger partial charge in [-0.25, -0.2) is 0 Å². The number of aliphatic hydroxyl groups excluding tert-OH is 7. The molecule has 15 heteroatoms. The third kappa shape index (κ3) is 25.4. The number of carbonyl (C=O) groups is 2. The van der Waals surface area contributed by atoms with Gasteiger partial charge >= 0.3 is 11.9 Å². The quantitative estimate of drug-likeness (QED) is 0.0196. The summed E-state index contributed by atoms with van der Waals surface area (Å²) in [4.78, 5) is 25.7. The van der Waals surface area contributed by atoms with Crippen molar-refractivity contribution in [1.82, 2.24) is 0 Å². The van der Waals surface area contributed by atoms with Crippen molar-refractivity contribution >= 4 is 11.9 Å². The molecule has 0 saturated carbocycles. The largest absolute Gasteiger partial charge is 0.462 e. The molecule has 15 nitrogen and oxygen atoms in total. The summed E-state index contributed by atoms with van der Waals surface area (Å²) >= 11 is 0. The Balaban J connectivity index is 1.82. The molecule has 0 aliphatic carbocycles. The first-order valence-electron chi connectivity index (χ1n) is 25.3. The highest BCUT2D eigenvalue weighted by Gasteiger charge is 2.47. The van der Waals surface area contributed by atoms with E-state index in [-0.39, 0.29) is 26.1 Å². The average Bonchev–Trinajstić information content (AvgIpc) is 3.29. The predicted molar refractivity (Wildman–Crippen MR) is 243 cm³/mol. The second kappa shape index (κ2) is 37.2. The van der Waals surface area contributed by atoms with E-state index in [4.69, 9.17) is 28.4 Å². The molecule has 2 fully saturated rings. The van der Waals surface area contributed by atoms with Gasteiger partial charge in [-0.3, -0.25) is 9.59 Å². The lowest BCUT2D eigenvalue weighted by Gasteiger charge is -2.42. The molecule has 2 aliphatic heterocycles. The van der Waals surface area contributed by atoms with Crippen molar-refractivity contribution in [1.29, 1.82) is 0 Å². The number of carbonyl (C=O) groups excluding carboxylic acids is 2. The van der Waals surface area contributed by atoms with Crippen molar-refractivity contribution < 1.29 is 73.8 Å². The summed E-state index contributed by atoms with van der Waals surface area (Å²) in [5.74, 6) is -0.927. The minimum absolute atomic E-state index is 0.159. The van der Waals surface area contributed by atoms with Crippen LogP contribution in [0, 0.1) is 0 Å². The first-order valence-corrected chi connectivity index (χ1v) is 25.3. The number of hydrogen-bond donors (Lipinski definition) is 7. The van der Waals surface area contributed by atoms with Crippen LogP contribution in [0.15, 0.2) is 12.2 Å². The van der Waals surface area contributed by atoms with Gasteiger partial charge in [0.1, 0.15) is 55.4 Å². The summed E-state index contributed by atoms with van der Waals surface area (Å²) in [7, 11) is 0. The summed E-state index contributed by atoms with van der Waals surface area (Å²) in [6.07, 6.45) is 18.1. The lowest BCUT2D eigenvalue weighted by Crippen LogP contribution is -2.61. The highest BCUT2D eigenvalue weighted by atomic mass is 16.7. The number of rotatable bonds is 39. The Morgan fingerprint density at radius 3 is 1.38 bits per heavy atom. The second-order valence-corrected chi connectivity index (χ2v) is 18.0. The fraction of sp³-hybridized carbons (Fsp3) is 0.918. The van der Waals surface area contributed by atoms with Crippen molar-refractivity contribution in [3.05, 3.63) is 12.2 Å². The minimum atomic E-state index is -1.76. The Kier molecular flexibility index (Phi) is 34.0. The van der Waals surface area contributed by atoms with Gasteiger partial charge < -0.3 is 64.2 Å². The molecule has 0 aromatic carbocycles. The molecule has 2 rings (SSSR count). The van der Waals surface area contributed by atoms with Crippen LogP contribution in [0.5, 0.6) is 0 Å². The summed E-state index contributed by atoms with van der Waals surface area (Å²) < 4.78 is 33.5. The van der Waals surface area contributed by atoms with E-state index in [1.165, 1.54) is 96.3 Å². The van der Waals surface area contributed by atoms with E-state index >= 15 is 0 Å². The maximum atomic E-state index is 13.0. The third-order valence-corrected chi connectivity index (χ3v) is 12.2. The van der Waals surface area contributed by atoms with Gasteiger partial charge in [-0.2, -0.15) is 0 Å². The Morgan fingerprint density at radius 2 is 0.891 bits per heavy atom. The van der Waals surface area contributed by atoms with Crippen LogP contribution in [0.3, 0.4) is 0 Å². The van der Waals surface area contributed by atoms with Crippen LogP contribution in [0.2, 0.25) is 0 Å². The monoisotopic (exact) mass is 919 g/mol. The normalized spacial score (nSPS) is 26.6. The zero-order valence-electron chi connectivity index (χ0n) is 39.5. The number of unbranched alkanes of at least 4 members (excludes halogenated alkanes) is 23. The summed E-state index contributed by atoms with van der Waals surface area (Å²) in [6, 6.07) is 0. The molecule has 64 heavy (non-hydrogen) atoms. The van der Waals surface area contributed by atoms with Crippen LogP contribution in [0.25, 0.3) is 0 Å². The van der Waals surface area contributed by atoms with Crippen molar-refractivity contribution in [2.24, 2.45) is 0 Å². The molecule has 2 aliphatic rings. The van der Waals surface area contributed by atoms with Gasteiger partial charge in [0.25, 0.3) is 0 Å². The molecule has 376 valence electrons. The highest BCUT2D eigenvalue weighted by Crippen LogP contribution is 2.26. The third-order valence-electron chi connectivity index (χ3n) is 12.2. The average molecular weight is 919 g/mol. The highest BCUT2D eigenvalue weighted by molar-refractivity contribution is 5.70. The fourth-order valence-corrected chi connectivity index (χ4v) is 8.04. The van der Waals surface area contributed by atoms with Crippen LogP contribution in [0.4, 0.5) is 0 Å². The van der Waals surface area contributed by atoms with E-state index in [0.29, 0.717) is 12.8 Å². The van der Waals surface area contributed by atoms with E-state index in [2.05, 4.69) is 26.0 Å². The number of esters is 2. The lowest BCUT2D eigenvalue weighted by molar-refractivity contribution is -0.332. The molecule has 0 bridgehead atoms. The van der Waals surface area contributed by atoms with Crippen LogP contribution in [-0.2, 0) is 38.0 Å². The molecule has 2 heterocycles. The SMILES string of the molecule is CCCCCCCCC/C=C\CCCCCCCC(=O)OC(COC(=O)CCCCCCCCCCCCCC)COC1OC(COC2OC(CO)C(O)C(O)C2O)C(O)C(O)C1O. The van der Waals surface area contributed by atoms with Gasteiger partial charge in [0.05, 0.1) is 19.8 Å². The standard InChI is InChI=1S/C49H90O15/c1-3-5-7-9-11-13-15-17-18-19-20-22-24-26-28-30-32-41(52)62-37(34-59-40(51)31-29-27-25-23-21-16-14-12-10-8-6-4-2)35-60-48-47(58)45(56)43(54)39(64-48)36-61-49-46(57)44(55)42(53)38(33-50)63-49/h18-19,37-39,42-50,53-58H,3-17,20-36H2,1-2H3/b19-18-. The Labute approximate surface area is 384 Å². The van der Waals surface area contributed by atoms with E-state index in [1.807, 2.05) is 0 Å². The van der Waals surface area contributed by atoms with Gasteiger partial charge in [-0.1, -0.05) is 154 Å². The predicted octanol–water partition coefficient (Wildman–Crippen LogP) is 6.60. The molecule has 0 aromatic heterocycles. The number of aliphatic hydroxyl groups is 7. The topological polar surface area (TPSA) is 231 Å². The van der Waals surface area contributed by atoms with E-state index < -0.39 is 92.7 Å². The van der Waals surface area contributed by atoms with Gasteiger partial charge in [-0.05, 0) is 38.5 Å². The molecule has 0 aromatic rings. The van der Waals surface area contributed by atoms with Crippen LogP contribution < -0.4 is 0 Å². The molecule has 0 radical (unpaired) electrons. The van der Waals surface area contributed by atoms with Gasteiger partial charge in [0, 0.05) is 12.8 Å². The maximum absolute atomic E-state index is 13.0. The van der Waals surface area contributed by atoms with E-state index in [1.54, 1.807) is 0 Å². The molecule has 11 unspecified atom stereocenters. The van der Waals surface area contributed by atoms with Crippen LogP contribution in [0.1, 0.15) is 194 Å². The Morgan fingerprint density at radius 1 is 0.484 bits per heavy atom. The van der Waals surface area contributed by atoms with Crippen molar-refractivity contribution in [3.63, 3.8) is 0 Å². The first-order chi connectivity index (χ1) is 31.0. The van der Waals surface area contributed by atoms with Crippen molar-refractivity contribution in [2.75, 3.05) is 26.4 Å². The molecule has 7 N–H and O–H groups in total. The van der Waals surface area contributed by atoms with Crippen LogP contribution in [-0.4, -0.2) is 142 Å². The maximum Gasteiger partial charge on any atom is 0.306 e.